The highest BCUT2D eigenvalue weighted by Gasteiger charge is 2.34. The van der Waals surface area contributed by atoms with Gasteiger partial charge in [0.1, 0.15) is 17.7 Å². The molecule has 0 spiro atoms. The van der Waals surface area contributed by atoms with Crippen LogP contribution in [-0.2, 0) is 9.53 Å². The number of hydrogen-bond donors (Lipinski definition) is 1. The summed E-state index contributed by atoms with van der Waals surface area (Å²) in [6, 6.07) is 10.8. The van der Waals surface area contributed by atoms with Crippen molar-refractivity contribution >= 4 is 17.8 Å². The van der Waals surface area contributed by atoms with Crippen molar-refractivity contribution in [1.82, 2.24) is 20.1 Å². The Hall–Kier alpha value is -3.88. The first-order chi connectivity index (χ1) is 21.2. The average molecular weight is 602 g/mol. The number of alkyl carbamates (subject to hydrolysis) is 1. The minimum absolute atomic E-state index is 0.118. The van der Waals surface area contributed by atoms with Gasteiger partial charge in [0.2, 0.25) is 5.91 Å². The van der Waals surface area contributed by atoms with Crippen LogP contribution in [0.5, 0.6) is 5.75 Å². The molecule has 0 atom stereocenters. The minimum Gasteiger partial charge on any atom is -0.496 e. The van der Waals surface area contributed by atoms with Crippen molar-refractivity contribution in [1.29, 1.82) is 0 Å². The molecule has 2 fully saturated rings. The van der Waals surface area contributed by atoms with Gasteiger partial charge in [-0.3, -0.25) is 14.4 Å². The number of anilines is 1. The van der Waals surface area contributed by atoms with Crippen LogP contribution in [-0.4, -0.2) is 53.6 Å². The van der Waals surface area contributed by atoms with E-state index in [9.17, 15) is 9.59 Å². The number of benzene rings is 1. The van der Waals surface area contributed by atoms with Crippen molar-refractivity contribution in [3.8, 4) is 16.9 Å². The van der Waals surface area contributed by atoms with Gasteiger partial charge in [-0.1, -0.05) is 12.1 Å². The fourth-order valence-electron chi connectivity index (χ4n) is 6.76. The molecular weight excluding hydrogens is 554 g/mol. The second kappa shape index (κ2) is 14.3. The first kappa shape index (κ1) is 31.5. The molecule has 2 amide bonds. The molecule has 2 aliphatic rings. The summed E-state index contributed by atoms with van der Waals surface area (Å²) in [5.74, 6) is 2.55. The molecule has 2 saturated carbocycles. The molecule has 0 saturated heterocycles. The van der Waals surface area contributed by atoms with E-state index in [1.165, 1.54) is 11.1 Å². The van der Waals surface area contributed by atoms with Gasteiger partial charge in [-0.05, 0) is 119 Å². The quantitative estimate of drug-likeness (QED) is 0.282. The molecule has 0 aliphatic heterocycles. The van der Waals surface area contributed by atoms with Crippen molar-refractivity contribution in [3.63, 3.8) is 0 Å². The van der Waals surface area contributed by atoms with E-state index >= 15 is 0 Å². The van der Waals surface area contributed by atoms with Crippen LogP contribution in [0.1, 0.15) is 88.3 Å². The van der Waals surface area contributed by atoms with Crippen molar-refractivity contribution < 1.29 is 19.1 Å². The van der Waals surface area contributed by atoms with E-state index in [1.807, 2.05) is 34.1 Å². The van der Waals surface area contributed by atoms with Crippen LogP contribution in [0.4, 0.5) is 10.6 Å². The Morgan fingerprint density at radius 2 is 1.77 bits per heavy atom. The molecule has 2 aromatic heterocycles. The van der Waals surface area contributed by atoms with E-state index < -0.39 is 6.09 Å². The lowest BCUT2D eigenvalue weighted by Gasteiger charge is -2.35. The minimum atomic E-state index is -0.413. The third-order valence-electron chi connectivity index (χ3n) is 9.43. The third-order valence-corrected chi connectivity index (χ3v) is 9.43. The van der Waals surface area contributed by atoms with Crippen LogP contribution in [0, 0.1) is 18.8 Å². The zero-order valence-corrected chi connectivity index (χ0v) is 26.8. The number of nitrogens with one attached hydrogen (secondary N) is 1. The van der Waals surface area contributed by atoms with Gasteiger partial charge in [-0.25, -0.2) is 9.78 Å². The maximum absolute atomic E-state index is 14.2. The van der Waals surface area contributed by atoms with Crippen LogP contribution < -0.4 is 15.0 Å². The molecule has 44 heavy (non-hydrogen) atoms. The molecule has 236 valence electrons. The highest BCUT2D eigenvalue weighted by atomic mass is 16.6. The summed E-state index contributed by atoms with van der Waals surface area (Å²) in [4.78, 5) is 32.6. The van der Waals surface area contributed by atoms with Gasteiger partial charge in [0.25, 0.3) is 0 Å². The number of aryl methyl sites for hydroxylation is 1. The van der Waals surface area contributed by atoms with E-state index in [0.717, 1.165) is 42.6 Å². The number of hydrogen-bond acceptors (Lipinski definition) is 6. The molecule has 2 heterocycles. The van der Waals surface area contributed by atoms with Crippen molar-refractivity contribution in [2.75, 3.05) is 25.6 Å². The third kappa shape index (κ3) is 7.42. The Bertz CT molecular complexity index is 1420. The number of aromatic nitrogens is 3. The number of nitrogens with zero attached hydrogens (tertiary/aromatic N) is 4. The standard InChI is InChI=1S/C35H47N5O4/c1-23(2)40-22-30(20-38-40)29-16-17-37-33(19-29)39(34(41)27-10-13-31(14-11-27)44-35(42)36-4)21-25-6-8-26(9-7-25)28-12-15-32(43-5)24(3)18-28/h12,15-20,22-23,25-27,31H,6-11,13-14,21H2,1-5H3,(H,36,42)/t25-,26-,27-,31-. The molecule has 1 aromatic carbocycles. The normalized spacial score (nSPS) is 22.0. The molecule has 3 aromatic rings. The monoisotopic (exact) mass is 601 g/mol. The summed E-state index contributed by atoms with van der Waals surface area (Å²) in [6.07, 6.45) is 12.2. The van der Waals surface area contributed by atoms with Gasteiger partial charge in [-0.15, -0.1) is 0 Å². The topological polar surface area (TPSA) is 98.6 Å². The highest BCUT2D eigenvalue weighted by Crippen LogP contribution is 2.39. The number of methoxy groups -OCH3 is 1. The first-order valence-electron chi connectivity index (χ1n) is 16.1. The lowest BCUT2D eigenvalue weighted by molar-refractivity contribution is -0.124. The number of amides is 2. The molecule has 0 bridgehead atoms. The molecule has 2 aliphatic carbocycles. The summed E-state index contributed by atoms with van der Waals surface area (Å²) in [7, 11) is 3.28. The Labute approximate surface area is 261 Å². The largest absolute Gasteiger partial charge is 0.496 e. The number of ether oxygens (including phenoxy) is 2. The summed E-state index contributed by atoms with van der Waals surface area (Å²) in [5.41, 5.74) is 4.56. The number of carbonyl (C=O) groups excluding carboxylic acids is 2. The summed E-state index contributed by atoms with van der Waals surface area (Å²) in [5, 5.41) is 7.04. The van der Waals surface area contributed by atoms with Crippen molar-refractivity contribution in [3.05, 3.63) is 60.0 Å². The number of pyridine rings is 1. The Morgan fingerprint density at radius 3 is 2.41 bits per heavy atom. The van der Waals surface area contributed by atoms with Crippen molar-refractivity contribution in [2.24, 2.45) is 11.8 Å². The van der Waals surface area contributed by atoms with Crippen LogP contribution in [0.2, 0.25) is 0 Å². The van der Waals surface area contributed by atoms with Gasteiger partial charge in [0.15, 0.2) is 0 Å². The Morgan fingerprint density at radius 1 is 1.02 bits per heavy atom. The molecule has 0 unspecified atom stereocenters. The van der Waals surface area contributed by atoms with Crippen LogP contribution >= 0.6 is 0 Å². The zero-order chi connectivity index (χ0) is 31.2. The predicted octanol–water partition coefficient (Wildman–Crippen LogP) is 7.06. The van der Waals surface area contributed by atoms with Gasteiger partial charge >= 0.3 is 6.09 Å². The molecule has 1 N–H and O–H groups in total. The SMILES string of the molecule is CNC(=O)O[C@H]1CC[C@H](C(=O)N(C[C@H]2CC[C@H](c3ccc(OC)c(C)c3)CC2)c2cc(-c3cnn(C(C)C)c3)ccn2)CC1. The first-order valence-corrected chi connectivity index (χ1v) is 16.1. The van der Waals surface area contributed by atoms with Crippen LogP contribution in [0.25, 0.3) is 11.1 Å². The second-order valence-corrected chi connectivity index (χ2v) is 12.7. The van der Waals surface area contributed by atoms with Gasteiger partial charge in [-0.2, -0.15) is 5.10 Å². The smallest absolute Gasteiger partial charge is 0.407 e. The van der Waals surface area contributed by atoms with E-state index in [0.29, 0.717) is 49.9 Å². The maximum atomic E-state index is 14.2. The van der Waals surface area contributed by atoms with Crippen LogP contribution in [0.15, 0.2) is 48.9 Å². The number of carbonyl (C=O) groups is 2. The van der Waals surface area contributed by atoms with Gasteiger partial charge in [0, 0.05) is 43.5 Å². The van der Waals surface area contributed by atoms with Crippen molar-refractivity contribution in [2.45, 2.75) is 90.2 Å². The predicted molar refractivity (Wildman–Crippen MR) is 172 cm³/mol. The molecule has 9 nitrogen and oxygen atoms in total. The molecule has 9 heteroatoms. The van der Waals surface area contributed by atoms with E-state index in [2.05, 4.69) is 49.4 Å². The summed E-state index contributed by atoms with van der Waals surface area (Å²) >= 11 is 0. The Kier molecular flexibility index (Phi) is 10.2. The lowest BCUT2D eigenvalue weighted by Crippen LogP contribution is -2.42. The van der Waals surface area contributed by atoms with Crippen LogP contribution in [0.3, 0.4) is 0 Å². The molecule has 5 rings (SSSR count). The van der Waals surface area contributed by atoms with E-state index in [-0.39, 0.29) is 24.0 Å². The van der Waals surface area contributed by atoms with E-state index in [4.69, 9.17) is 14.5 Å². The fraction of sp³-hybridized carbons (Fsp3) is 0.543. The number of rotatable bonds is 9. The van der Waals surface area contributed by atoms with Gasteiger partial charge in [0.05, 0.1) is 13.3 Å². The Balaban J connectivity index is 1.32. The summed E-state index contributed by atoms with van der Waals surface area (Å²) in [6.45, 7) is 6.97. The fourth-order valence-corrected chi connectivity index (χ4v) is 6.76. The second-order valence-electron chi connectivity index (χ2n) is 12.7. The molecule has 0 radical (unpaired) electrons. The zero-order valence-electron chi connectivity index (χ0n) is 26.8. The maximum Gasteiger partial charge on any atom is 0.407 e. The highest BCUT2D eigenvalue weighted by molar-refractivity contribution is 5.94. The average Bonchev–Trinajstić information content (AvgIpc) is 3.55. The molecular formula is C35H47N5O4. The van der Waals surface area contributed by atoms with Gasteiger partial charge < -0.3 is 14.8 Å². The van der Waals surface area contributed by atoms with E-state index in [1.54, 1.807) is 20.4 Å². The summed E-state index contributed by atoms with van der Waals surface area (Å²) < 4.78 is 12.9. The lowest BCUT2D eigenvalue weighted by atomic mass is 9.78.